The number of benzene rings is 1. The van der Waals surface area contributed by atoms with Crippen molar-refractivity contribution in [3.8, 4) is 0 Å². The van der Waals surface area contributed by atoms with Crippen LogP contribution < -0.4 is 11.3 Å². The van der Waals surface area contributed by atoms with Gasteiger partial charge in [0.2, 0.25) is 5.91 Å². The molecule has 1 saturated heterocycles. The molecule has 0 saturated carbocycles. The van der Waals surface area contributed by atoms with Crippen molar-refractivity contribution in [2.75, 3.05) is 13.1 Å². The molecule has 2 aromatic rings. The van der Waals surface area contributed by atoms with E-state index in [0.717, 1.165) is 0 Å². The second-order valence-electron chi connectivity index (χ2n) is 6.31. The van der Waals surface area contributed by atoms with E-state index in [9.17, 15) is 18.8 Å². The number of amides is 2. The molecule has 0 aliphatic carbocycles. The molecular formula is C18H19FN4O3. The highest BCUT2D eigenvalue weighted by Gasteiger charge is 2.27. The van der Waals surface area contributed by atoms with Crippen molar-refractivity contribution >= 4 is 11.8 Å². The molecule has 2 heterocycles. The molecule has 0 radical (unpaired) electrons. The van der Waals surface area contributed by atoms with Crippen LogP contribution in [0, 0.1) is 11.7 Å². The number of carbonyl (C=O) groups excluding carboxylic acids is 2. The van der Waals surface area contributed by atoms with Crippen molar-refractivity contribution in [3.05, 3.63) is 63.8 Å². The zero-order chi connectivity index (χ0) is 18.7. The average molecular weight is 358 g/mol. The van der Waals surface area contributed by atoms with Crippen LogP contribution in [0.15, 0.2) is 41.2 Å². The van der Waals surface area contributed by atoms with E-state index in [1.807, 2.05) is 0 Å². The molecule has 1 aromatic heterocycles. The summed E-state index contributed by atoms with van der Waals surface area (Å²) in [5, 5.41) is 4.15. The lowest BCUT2D eigenvalue weighted by molar-refractivity contribution is -0.123. The second-order valence-corrected chi connectivity index (χ2v) is 6.31. The summed E-state index contributed by atoms with van der Waals surface area (Å²) in [6.45, 7) is 0.987. The number of piperidine rings is 1. The maximum absolute atomic E-state index is 13.0. The Kier molecular flexibility index (Phi) is 5.11. The van der Waals surface area contributed by atoms with Crippen molar-refractivity contribution in [2.45, 2.75) is 19.4 Å². The van der Waals surface area contributed by atoms with Gasteiger partial charge in [0.05, 0.1) is 6.54 Å². The van der Waals surface area contributed by atoms with Crippen LogP contribution >= 0.6 is 0 Å². The van der Waals surface area contributed by atoms with Crippen LogP contribution in [0.5, 0.6) is 0 Å². The van der Waals surface area contributed by atoms with Crippen LogP contribution in [-0.2, 0) is 11.3 Å². The van der Waals surface area contributed by atoms with Crippen LogP contribution in [0.2, 0.25) is 0 Å². The first-order valence-corrected chi connectivity index (χ1v) is 8.35. The number of primary amides is 1. The highest BCUT2D eigenvalue weighted by molar-refractivity contribution is 5.92. The molecule has 26 heavy (non-hydrogen) atoms. The van der Waals surface area contributed by atoms with E-state index >= 15 is 0 Å². The third-order valence-corrected chi connectivity index (χ3v) is 4.52. The Morgan fingerprint density at radius 2 is 1.77 bits per heavy atom. The average Bonchev–Trinajstić information content (AvgIpc) is 2.65. The van der Waals surface area contributed by atoms with Gasteiger partial charge in [-0.15, -0.1) is 0 Å². The topological polar surface area (TPSA) is 98.3 Å². The summed E-state index contributed by atoms with van der Waals surface area (Å²) in [4.78, 5) is 37.5. The number of likely N-dealkylation sites (tertiary alicyclic amines) is 1. The minimum atomic E-state index is -0.364. The molecule has 8 heteroatoms. The van der Waals surface area contributed by atoms with Crippen molar-refractivity contribution < 1.29 is 14.0 Å². The lowest BCUT2D eigenvalue weighted by atomic mass is 9.96. The van der Waals surface area contributed by atoms with Crippen molar-refractivity contribution in [1.29, 1.82) is 0 Å². The summed E-state index contributed by atoms with van der Waals surface area (Å²) < 4.78 is 14.2. The van der Waals surface area contributed by atoms with Crippen molar-refractivity contribution in [3.63, 3.8) is 0 Å². The molecule has 2 amide bonds. The molecule has 1 fully saturated rings. The van der Waals surface area contributed by atoms with Gasteiger partial charge < -0.3 is 10.6 Å². The largest absolute Gasteiger partial charge is 0.369 e. The number of rotatable bonds is 4. The smallest absolute Gasteiger partial charge is 0.274 e. The predicted octanol–water partition coefficient (Wildman–Crippen LogP) is 0.768. The summed E-state index contributed by atoms with van der Waals surface area (Å²) >= 11 is 0. The minimum absolute atomic E-state index is 0.143. The van der Waals surface area contributed by atoms with E-state index in [0.29, 0.717) is 31.5 Å². The van der Waals surface area contributed by atoms with Crippen LogP contribution in [0.1, 0.15) is 28.9 Å². The fourth-order valence-corrected chi connectivity index (χ4v) is 2.97. The number of aromatic nitrogens is 2. The number of carbonyl (C=O) groups is 2. The summed E-state index contributed by atoms with van der Waals surface area (Å²) in [5.41, 5.74) is 5.81. The van der Waals surface area contributed by atoms with Gasteiger partial charge in [-0.3, -0.25) is 14.4 Å². The number of halogens is 1. The molecular weight excluding hydrogens is 339 g/mol. The fourth-order valence-electron chi connectivity index (χ4n) is 2.97. The zero-order valence-corrected chi connectivity index (χ0v) is 14.1. The number of nitrogens with two attached hydrogens (primary N) is 1. The molecule has 0 atom stereocenters. The standard InChI is InChI=1S/C18H19FN4O3/c19-14-3-1-12(2-4-14)11-23-16(24)6-5-15(21-23)18(26)22-9-7-13(8-10-22)17(20)25/h1-6,13H,7-11H2,(H2,20,25). The van der Waals surface area contributed by atoms with Crippen LogP contribution in [-0.4, -0.2) is 39.6 Å². The molecule has 1 aromatic carbocycles. The van der Waals surface area contributed by atoms with Gasteiger partial charge in [-0.1, -0.05) is 12.1 Å². The van der Waals surface area contributed by atoms with Crippen molar-refractivity contribution in [2.24, 2.45) is 11.7 Å². The Morgan fingerprint density at radius 3 is 2.38 bits per heavy atom. The summed E-state index contributed by atoms with van der Waals surface area (Å²) in [5.74, 6) is -1.21. The van der Waals surface area contributed by atoms with Gasteiger partial charge >= 0.3 is 0 Å². The van der Waals surface area contributed by atoms with Crippen LogP contribution in [0.3, 0.4) is 0 Å². The quantitative estimate of drug-likeness (QED) is 0.873. The Bertz CT molecular complexity index is 871. The first-order valence-electron chi connectivity index (χ1n) is 8.35. The van der Waals surface area contributed by atoms with Gasteiger partial charge in [-0.05, 0) is 36.6 Å². The highest BCUT2D eigenvalue weighted by atomic mass is 19.1. The molecule has 1 aliphatic heterocycles. The van der Waals surface area contributed by atoms with E-state index in [-0.39, 0.29) is 41.3 Å². The fraction of sp³-hybridized carbons (Fsp3) is 0.333. The maximum atomic E-state index is 13.0. The number of hydrogen-bond acceptors (Lipinski definition) is 4. The van der Waals surface area contributed by atoms with Gasteiger partial charge in [0.15, 0.2) is 0 Å². The third-order valence-electron chi connectivity index (χ3n) is 4.52. The Labute approximate surface area is 149 Å². The molecule has 1 aliphatic rings. The highest BCUT2D eigenvalue weighted by Crippen LogP contribution is 2.18. The Morgan fingerprint density at radius 1 is 1.12 bits per heavy atom. The van der Waals surface area contributed by atoms with Gasteiger partial charge in [0, 0.05) is 25.1 Å². The van der Waals surface area contributed by atoms with Gasteiger partial charge in [0.1, 0.15) is 11.5 Å². The normalized spacial score (nSPS) is 15.0. The van der Waals surface area contributed by atoms with E-state index < -0.39 is 0 Å². The number of nitrogens with zero attached hydrogens (tertiary/aromatic N) is 3. The zero-order valence-electron chi connectivity index (χ0n) is 14.1. The third kappa shape index (κ3) is 3.96. The van der Waals surface area contributed by atoms with Crippen LogP contribution in [0.4, 0.5) is 4.39 Å². The molecule has 7 nitrogen and oxygen atoms in total. The van der Waals surface area contributed by atoms with Gasteiger partial charge in [-0.25, -0.2) is 9.07 Å². The molecule has 136 valence electrons. The predicted molar refractivity (Wildman–Crippen MR) is 91.8 cm³/mol. The molecule has 0 bridgehead atoms. The van der Waals surface area contributed by atoms with Crippen molar-refractivity contribution in [1.82, 2.24) is 14.7 Å². The first kappa shape index (κ1) is 17.8. The first-order chi connectivity index (χ1) is 12.4. The monoisotopic (exact) mass is 358 g/mol. The SMILES string of the molecule is NC(=O)C1CCN(C(=O)c2ccc(=O)n(Cc3ccc(F)cc3)n2)CC1. The lowest BCUT2D eigenvalue weighted by Gasteiger charge is -2.30. The Balaban J connectivity index is 1.74. The molecule has 2 N–H and O–H groups in total. The molecule has 3 rings (SSSR count). The van der Waals surface area contributed by atoms with Gasteiger partial charge in [-0.2, -0.15) is 5.10 Å². The maximum Gasteiger partial charge on any atom is 0.274 e. The van der Waals surface area contributed by atoms with E-state index in [4.69, 9.17) is 5.73 Å². The van der Waals surface area contributed by atoms with E-state index in [2.05, 4.69) is 5.10 Å². The van der Waals surface area contributed by atoms with Gasteiger partial charge in [0.25, 0.3) is 11.5 Å². The summed E-state index contributed by atoms with van der Waals surface area (Å²) in [6, 6.07) is 8.42. The second kappa shape index (κ2) is 7.47. The summed E-state index contributed by atoms with van der Waals surface area (Å²) in [7, 11) is 0. The number of hydrogen-bond donors (Lipinski definition) is 1. The minimum Gasteiger partial charge on any atom is -0.369 e. The molecule has 0 unspecified atom stereocenters. The van der Waals surface area contributed by atoms with E-state index in [1.54, 1.807) is 17.0 Å². The Hall–Kier alpha value is -3.03. The van der Waals surface area contributed by atoms with E-state index in [1.165, 1.54) is 28.9 Å². The molecule has 0 spiro atoms. The van der Waals surface area contributed by atoms with Crippen LogP contribution in [0.25, 0.3) is 0 Å². The lowest BCUT2D eigenvalue weighted by Crippen LogP contribution is -2.42. The summed E-state index contributed by atoms with van der Waals surface area (Å²) in [6.07, 6.45) is 1.05.